The van der Waals surface area contributed by atoms with E-state index in [0.29, 0.717) is 0 Å². The lowest BCUT2D eigenvalue weighted by Gasteiger charge is -2.36. The highest BCUT2D eigenvalue weighted by Crippen LogP contribution is 2.48. The van der Waals surface area contributed by atoms with Gasteiger partial charge in [0, 0.05) is 49.4 Å². The third kappa shape index (κ3) is 4.88. The zero-order chi connectivity index (χ0) is 39.6. The van der Waals surface area contributed by atoms with Crippen LogP contribution >= 0.6 is 0 Å². The molecular formula is C53H55BN2. The molecule has 3 heteroatoms. The highest BCUT2D eigenvalue weighted by atomic mass is 15.0. The van der Waals surface area contributed by atoms with E-state index in [4.69, 9.17) is 0 Å². The maximum Gasteiger partial charge on any atom is 0.333 e. The molecule has 0 spiro atoms. The molecular weight excluding hydrogens is 675 g/mol. The van der Waals surface area contributed by atoms with E-state index in [9.17, 15) is 0 Å². The summed E-state index contributed by atoms with van der Waals surface area (Å²) in [6.07, 6.45) is 0. The molecule has 0 bridgehead atoms. The van der Waals surface area contributed by atoms with Crippen molar-refractivity contribution in [2.24, 2.45) is 0 Å². The second kappa shape index (κ2) is 11.1. The van der Waals surface area contributed by atoms with Gasteiger partial charge in [0.25, 0.3) is 0 Å². The van der Waals surface area contributed by atoms with E-state index < -0.39 is 0 Å². The van der Waals surface area contributed by atoms with Crippen LogP contribution in [-0.2, 0) is 21.7 Å². The van der Waals surface area contributed by atoms with Gasteiger partial charge in [0.2, 0.25) is 0 Å². The van der Waals surface area contributed by atoms with Crippen LogP contribution in [0.3, 0.4) is 0 Å². The first-order valence-corrected chi connectivity index (χ1v) is 20.7. The fourth-order valence-electron chi connectivity index (χ4n) is 9.91. The van der Waals surface area contributed by atoms with Gasteiger partial charge in [-0.25, -0.2) is 0 Å². The summed E-state index contributed by atoms with van der Waals surface area (Å²) in [5.41, 5.74) is 21.6. The average molecular weight is 731 g/mol. The number of benzene rings is 6. The van der Waals surface area contributed by atoms with Crippen molar-refractivity contribution in [3.8, 4) is 27.9 Å². The van der Waals surface area contributed by atoms with Gasteiger partial charge in [-0.15, -0.1) is 0 Å². The normalized spacial score (nSPS) is 14.1. The molecule has 0 N–H and O–H groups in total. The molecule has 56 heavy (non-hydrogen) atoms. The van der Waals surface area contributed by atoms with Gasteiger partial charge in [0.1, 0.15) is 0 Å². The van der Waals surface area contributed by atoms with Crippen LogP contribution in [0.4, 0.5) is 0 Å². The predicted molar refractivity (Wildman–Crippen MR) is 245 cm³/mol. The van der Waals surface area contributed by atoms with E-state index in [-0.39, 0.29) is 28.5 Å². The molecule has 0 atom stereocenters. The Bertz CT molecular complexity index is 2990. The third-order valence-electron chi connectivity index (χ3n) is 13.1. The van der Waals surface area contributed by atoms with Crippen LogP contribution in [-0.4, -0.2) is 15.9 Å². The molecule has 280 valence electrons. The van der Waals surface area contributed by atoms with Crippen molar-refractivity contribution < 1.29 is 0 Å². The highest BCUT2D eigenvalue weighted by Gasteiger charge is 2.43. The molecule has 2 aliphatic rings. The number of aryl methyl sites for hydroxylation is 1. The zero-order valence-electron chi connectivity index (χ0n) is 35.7. The van der Waals surface area contributed by atoms with Gasteiger partial charge in [-0.3, -0.25) is 0 Å². The lowest BCUT2D eigenvalue weighted by Crippen LogP contribution is -2.55. The van der Waals surface area contributed by atoms with Gasteiger partial charge in [-0.2, -0.15) is 0 Å². The van der Waals surface area contributed by atoms with E-state index in [1.165, 1.54) is 110 Å². The van der Waals surface area contributed by atoms with Crippen molar-refractivity contribution in [3.05, 3.63) is 125 Å². The first-order valence-electron chi connectivity index (χ1n) is 20.7. The van der Waals surface area contributed by atoms with Gasteiger partial charge in [0.05, 0.1) is 11.0 Å². The fraction of sp³-hybridized carbons (Fsp3) is 0.321. The predicted octanol–water partition coefficient (Wildman–Crippen LogP) is 13.0. The van der Waals surface area contributed by atoms with Crippen molar-refractivity contribution in [2.45, 2.75) is 112 Å². The minimum absolute atomic E-state index is 0.00611. The SMILES string of the molecule is Cc1cc2c3c(c1)-n1c4c(cc(C(C)(C)C)cc4c4cc(C(C)(C)C)cc(-c5ccccc5)c41)B3n1c3ccc(C(C)(C)C)cc3c3cc(C(C)(C)C)cc-2c31. The van der Waals surface area contributed by atoms with Gasteiger partial charge in [0.15, 0.2) is 0 Å². The van der Waals surface area contributed by atoms with Crippen LogP contribution in [0.15, 0.2) is 97.1 Å². The molecule has 2 aromatic heterocycles. The number of fused-ring (bicyclic) bond motifs is 10. The first kappa shape index (κ1) is 35.4. The Labute approximate surface area is 333 Å². The molecule has 0 aliphatic carbocycles. The first-order chi connectivity index (χ1) is 26.2. The molecule has 4 heterocycles. The summed E-state index contributed by atoms with van der Waals surface area (Å²) in [7, 11) is 0. The Kier molecular flexibility index (Phi) is 7.01. The minimum Gasteiger partial charge on any atom is -0.375 e. The molecule has 2 nitrogen and oxygen atoms in total. The van der Waals surface area contributed by atoms with Crippen LogP contribution in [0.5, 0.6) is 0 Å². The van der Waals surface area contributed by atoms with Crippen molar-refractivity contribution in [2.75, 3.05) is 0 Å². The summed E-state index contributed by atoms with van der Waals surface area (Å²) in [6.45, 7) is 30.6. The Morgan fingerprint density at radius 2 is 0.982 bits per heavy atom. The summed E-state index contributed by atoms with van der Waals surface area (Å²) < 4.78 is 5.43. The van der Waals surface area contributed by atoms with E-state index in [2.05, 4.69) is 196 Å². The second-order valence-electron chi connectivity index (χ2n) is 21.3. The summed E-state index contributed by atoms with van der Waals surface area (Å²) in [6, 6.07) is 38.6. The van der Waals surface area contributed by atoms with E-state index in [0.717, 1.165) is 0 Å². The van der Waals surface area contributed by atoms with Crippen LogP contribution in [0.1, 0.15) is 111 Å². The van der Waals surface area contributed by atoms with Crippen molar-refractivity contribution in [3.63, 3.8) is 0 Å². The topological polar surface area (TPSA) is 9.86 Å². The highest BCUT2D eigenvalue weighted by molar-refractivity contribution is 6.90. The van der Waals surface area contributed by atoms with E-state index in [1.54, 1.807) is 0 Å². The quantitative estimate of drug-likeness (QED) is 0.149. The summed E-state index contributed by atoms with van der Waals surface area (Å²) in [5.74, 6) is 0. The monoisotopic (exact) mass is 730 g/mol. The van der Waals surface area contributed by atoms with E-state index >= 15 is 0 Å². The standard InChI is InChI=1S/C53H55BN2/c1-30-21-38-40-26-34(52(8,9)10)25-39-37-23-32(50(2,3)4)19-20-44(37)56(48(39)40)54-43-29-35(53(11,12)13)28-42-41-27-33(51(5,6)7)24-36(31-17-15-14-16-18-31)47(41)55(49(42)43)45(22-30)46(38)54/h14-29H,1-13H3. The summed E-state index contributed by atoms with van der Waals surface area (Å²) >= 11 is 0. The van der Waals surface area contributed by atoms with Gasteiger partial charge < -0.3 is 9.05 Å². The van der Waals surface area contributed by atoms with Gasteiger partial charge in [-0.1, -0.05) is 132 Å². The third-order valence-corrected chi connectivity index (χ3v) is 13.1. The van der Waals surface area contributed by atoms with Gasteiger partial charge in [-0.05, 0) is 127 Å². The smallest absolute Gasteiger partial charge is 0.333 e. The number of hydrogen-bond acceptors (Lipinski definition) is 0. The molecule has 0 radical (unpaired) electrons. The van der Waals surface area contributed by atoms with Crippen LogP contribution in [0, 0.1) is 6.92 Å². The lowest BCUT2D eigenvalue weighted by atomic mass is 9.45. The lowest BCUT2D eigenvalue weighted by molar-refractivity contribution is 0.590. The molecule has 0 amide bonds. The van der Waals surface area contributed by atoms with Gasteiger partial charge >= 0.3 is 6.85 Å². The number of aromatic nitrogens is 2. The Balaban J connectivity index is 1.46. The summed E-state index contributed by atoms with van der Waals surface area (Å²) in [4.78, 5) is 0. The largest absolute Gasteiger partial charge is 0.375 e. The molecule has 0 fully saturated rings. The number of hydrogen-bond donors (Lipinski definition) is 0. The van der Waals surface area contributed by atoms with Crippen molar-refractivity contribution in [1.29, 1.82) is 0 Å². The maximum absolute atomic E-state index is 2.75. The fourth-order valence-corrected chi connectivity index (χ4v) is 9.91. The molecule has 6 aromatic carbocycles. The minimum atomic E-state index is -0.0384. The molecule has 0 saturated heterocycles. The maximum atomic E-state index is 2.75. The van der Waals surface area contributed by atoms with E-state index in [1.807, 2.05) is 0 Å². The molecule has 0 saturated carbocycles. The molecule has 10 rings (SSSR count). The number of rotatable bonds is 1. The van der Waals surface area contributed by atoms with Crippen molar-refractivity contribution >= 4 is 61.4 Å². The molecule has 2 aliphatic heterocycles. The van der Waals surface area contributed by atoms with Crippen LogP contribution < -0.4 is 10.9 Å². The number of nitrogens with zero attached hydrogens (tertiary/aromatic N) is 2. The second-order valence-corrected chi connectivity index (χ2v) is 21.3. The summed E-state index contributed by atoms with van der Waals surface area (Å²) in [5, 5.41) is 5.44. The Morgan fingerprint density at radius 1 is 0.446 bits per heavy atom. The van der Waals surface area contributed by atoms with Crippen LogP contribution in [0.25, 0.3) is 71.6 Å². The average Bonchev–Trinajstić information content (AvgIpc) is 3.63. The Hall–Kier alpha value is -5.02. The zero-order valence-corrected chi connectivity index (χ0v) is 35.7. The molecule has 8 aromatic rings. The van der Waals surface area contributed by atoms with Crippen molar-refractivity contribution in [1.82, 2.24) is 9.05 Å². The molecule has 0 unspecified atom stereocenters. The van der Waals surface area contributed by atoms with Crippen LogP contribution in [0.2, 0.25) is 0 Å². The Morgan fingerprint density at radius 3 is 1.59 bits per heavy atom.